The summed E-state index contributed by atoms with van der Waals surface area (Å²) in [4.78, 5) is 40.0. The Kier molecular flexibility index (Phi) is 6.39. The summed E-state index contributed by atoms with van der Waals surface area (Å²) in [5.41, 5.74) is 2.54. The van der Waals surface area contributed by atoms with Crippen molar-refractivity contribution in [3.05, 3.63) is 58.6 Å². The molecule has 152 valence electrons. The van der Waals surface area contributed by atoms with Gasteiger partial charge in [0, 0.05) is 25.3 Å². The average molecular weight is 416 g/mol. The van der Waals surface area contributed by atoms with Crippen LogP contribution in [0.5, 0.6) is 5.75 Å². The molecular formula is C21H22ClN3O4. The quantitative estimate of drug-likeness (QED) is 0.735. The Labute approximate surface area is 174 Å². The Balaban J connectivity index is 1.57. The molecule has 0 aliphatic carbocycles. The molecule has 2 aromatic rings. The highest BCUT2D eigenvalue weighted by Gasteiger charge is 2.33. The first-order valence-corrected chi connectivity index (χ1v) is 9.52. The lowest BCUT2D eigenvalue weighted by Gasteiger charge is -2.33. The summed E-state index contributed by atoms with van der Waals surface area (Å²) in [5.74, 6) is -1.18. The van der Waals surface area contributed by atoms with Crippen molar-refractivity contribution in [1.29, 1.82) is 0 Å². The predicted molar refractivity (Wildman–Crippen MR) is 110 cm³/mol. The number of anilines is 1. The van der Waals surface area contributed by atoms with E-state index in [2.05, 4.69) is 5.32 Å². The van der Waals surface area contributed by atoms with Gasteiger partial charge in [-0.15, -0.1) is 0 Å². The smallest absolute Gasteiger partial charge is 0.312 e. The molecule has 2 aromatic carbocycles. The molecule has 3 rings (SSSR count). The van der Waals surface area contributed by atoms with Gasteiger partial charge in [-0.1, -0.05) is 41.4 Å². The third-order valence-electron chi connectivity index (χ3n) is 4.62. The maximum absolute atomic E-state index is 12.5. The summed E-state index contributed by atoms with van der Waals surface area (Å²) in [5, 5.41) is 3.04. The summed E-state index contributed by atoms with van der Waals surface area (Å²) in [6, 6.07) is 12.6. The van der Waals surface area contributed by atoms with Crippen molar-refractivity contribution >= 4 is 35.0 Å². The van der Waals surface area contributed by atoms with Crippen LogP contribution in [0.15, 0.2) is 42.5 Å². The highest BCUT2D eigenvalue weighted by Crippen LogP contribution is 2.27. The topological polar surface area (TPSA) is 79.0 Å². The minimum absolute atomic E-state index is 0.202. The maximum atomic E-state index is 12.5. The predicted octanol–water partition coefficient (Wildman–Crippen LogP) is 2.47. The molecule has 0 atom stereocenters. The normalized spacial score (nSPS) is 14.2. The fourth-order valence-electron chi connectivity index (χ4n) is 3.17. The highest BCUT2D eigenvalue weighted by atomic mass is 35.5. The number of nitrogens with zero attached hydrogens (tertiary/aromatic N) is 2. The van der Waals surface area contributed by atoms with Gasteiger partial charge in [-0.05, 0) is 30.7 Å². The van der Waals surface area contributed by atoms with Crippen LogP contribution in [0.2, 0.25) is 5.02 Å². The zero-order valence-corrected chi connectivity index (χ0v) is 17.0. The van der Waals surface area contributed by atoms with Gasteiger partial charge in [0.15, 0.2) is 0 Å². The van der Waals surface area contributed by atoms with Crippen molar-refractivity contribution in [1.82, 2.24) is 9.80 Å². The van der Waals surface area contributed by atoms with E-state index in [1.807, 2.05) is 31.2 Å². The van der Waals surface area contributed by atoms with Crippen molar-refractivity contribution in [2.24, 2.45) is 0 Å². The minimum Gasteiger partial charge on any atom is -0.495 e. The number of carbonyl (C=O) groups excluding carboxylic acids is 3. The van der Waals surface area contributed by atoms with Crippen LogP contribution in [0, 0.1) is 6.92 Å². The van der Waals surface area contributed by atoms with Crippen LogP contribution >= 0.6 is 11.6 Å². The number of hydrogen-bond donors (Lipinski definition) is 1. The SMILES string of the molecule is COc1ccc(NC(=O)CN2CCN(Cc3cccc(C)c3)C(=O)C2=O)cc1Cl. The molecule has 1 aliphatic heterocycles. The molecule has 7 nitrogen and oxygen atoms in total. The Hall–Kier alpha value is -3.06. The number of hydrogen-bond acceptors (Lipinski definition) is 4. The number of benzene rings is 2. The zero-order valence-electron chi connectivity index (χ0n) is 16.3. The number of rotatable bonds is 6. The lowest BCUT2D eigenvalue weighted by molar-refractivity contribution is -0.157. The van der Waals surface area contributed by atoms with Crippen LogP contribution in [0.25, 0.3) is 0 Å². The standard InChI is InChI=1S/C21H22ClN3O4/c1-14-4-3-5-15(10-14)12-24-8-9-25(21(28)20(24)27)13-19(26)23-16-6-7-18(29-2)17(22)11-16/h3-7,10-11H,8-9,12-13H2,1-2H3,(H,23,26). The lowest BCUT2D eigenvalue weighted by Crippen LogP contribution is -2.55. The molecule has 0 unspecified atom stereocenters. The van der Waals surface area contributed by atoms with Gasteiger partial charge in [0.25, 0.3) is 0 Å². The molecule has 0 bridgehead atoms. The first-order valence-electron chi connectivity index (χ1n) is 9.14. The van der Waals surface area contributed by atoms with Crippen LogP contribution in [-0.2, 0) is 20.9 Å². The Morgan fingerprint density at radius 3 is 2.52 bits per heavy atom. The molecular weight excluding hydrogens is 394 g/mol. The van der Waals surface area contributed by atoms with Crippen molar-refractivity contribution in [3.8, 4) is 5.75 Å². The highest BCUT2D eigenvalue weighted by molar-refractivity contribution is 6.35. The second-order valence-electron chi connectivity index (χ2n) is 6.84. The van der Waals surface area contributed by atoms with E-state index in [1.54, 1.807) is 18.2 Å². The van der Waals surface area contributed by atoms with Crippen molar-refractivity contribution in [3.63, 3.8) is 0 Å². The fraction of sp³-hybridized carbons (Fsp3) is 0.286. The first-order chi connectivity index (χ1) is 13.9. The van der Waals surface area contributed by atoms with E-state index in [4.69, 9.17) is 16.3 Å². The molecule has 1 heterocycles. The first kappa shape index (κ1) is 20.7. The molecule has 0 radical (unpaired) electrons. The third kappa shape index (κ3) is 5.06. The van der Waals surface area contributed by atoms with E-state index in [0.717, 1.165) is 11.1 Å². The molecule has 1 N–H and O–H groups in total. The van der Waals surface area contributed by atoms with Gasteiger partial charge < -0.3 is 19.9 Å². The molecule has 0 aromatic heterocycles. The number of piperazine rings is 1. The van der Waals surface area contributed by atoms with Crippen LogP contribution in [0.4, 0.5) is 5.69 Å². The molecule has 1 fully saturated rings. The van der Waals surface area contributed by atoms with E-state index in [9.17, 15) is 14.4 Å². The van der Waals surface area contributed by atoms with Gasteiger partial charge in [-0.2, -0.15) is 0 Å². The molecule has 3 amide bonds. The Bertz CT molecular complexity index is 947. The number of amides is 3. The average Bonchev–Trinajstić information content (AvgIpc) is 2.68. The lowest BCUT2D eigenvalue weighted by atomic mass is 10.1. The second-order valence-corrected chi connectivity index (χ2v) is 7.25. The molecule has 0 saturated carbocycles. The summed E-state index contributed by atoms with van der Waals surface area (Å²) in [6.07, 6.45) is 0. The molecule has 0 spiro atoms. The van der Waals surface area contributed by atoms with Gasteiger partial charge in [0.05, 0.1) is 12.1 Å². The van der Waals surface area contributed by atoms with Gasteiger partial charge in [-0.3, -0.25) is 14.4 Å². The van der Waals surface area contributed by atoms with Gasteiger partial charge in [0.1, 0.15) is 12.3 Å². The molecule has 1 saturated heterocycles. The number of halogens is 1. The maximum Gasteiger partial charge on any atom is 0.312 e. The second kappa shape index (κ2) is 8.96. The monoisotopic (exact) mass is 415 g/mol. The van der Waals surface area contributed by atoms with E-state index >= 15 is 0 Å². The minimum atomic E-state index is -0.674. The third-order valence-corrected chi connectivity index (χ3v) is 4.92. The summed E-state index contributed by atoms with van der Waals surface area (Å²) < 4.78 is 5.07. The summed E-state index contributed by atoms with van der Waals surface area (Å²) in [7, 11) is 1.50. The summed E-state index contributed by atoms with van der Waals surface area (Å²) >= 11 is 6.05. The van der Waals surface area contributed by atoms with E-state index in [1.165, 1.54) is 16.9 Å². The molecule has 8 heteroatoms. The number of ether oxygens (including phenoxy) is 1. The fourth-order valence-corrected chi connectivity index (χ4v) is 3.42. The van der Waals surface area contributed by atoms with Gasteiger partial charge in [0.2, 0.25) is 5.91 Å². The van der Waals surface area contributed by atoms with Gasteiger partial charge in [-0.25, -0.2) is 0 Å². The van der Waals surface area contributed by atoms with Crippen molar-refractivity contribution < 1.29 is 19.1 Å². The Morgan fingerprint density at radius 2 is 1.83 bits per heavy atom. The molecule has 1 aliphatic rings. The van der Waals surface area contributed by atoms with Gasteiger partial charge >= 0.3 is 11.8 Å². The zero-order chi connectivity index (χ0) is 21.0. The number of aryl methyl sites for hydroxylation is 1. The van der Waals surface area contributed by atoms with E-state index in [-0.39, 0.29) is 6.54 Å². The van der Waals surface area contributed by atoms with Crippen LogP contribution in [0.1, 0.15) is 11.1 Å². The van der Waals surface area contributed by atoms with Crippen LogP contribution in [0.3, 0.4) is 0 Å². The van der Waals surface area contributed by atoms with E-state index < -0.39 is 17.7 Å². The number of carbonyl (C=O) groups is 3. The summed E-state index contributed by atoms with van der Waals surface area (Å²) in [6.45, 7) is 2.82. The molecule has 29 heavy (non-hydrogen) atoms. The number of methoxy groups -OCH3 is 1. The Morgan fingerprint density at radius 1 is 1.10 bits per heavy atom. The van der Waals surface area contributed by atoms with Crippen LogP contribution < -0.4 is 10.1 Å². The largest absolute Gasteiger partial charge is 0.495 e. The van der Waals surface area contributed by atoms with Crippen molar-refractivity contribution in [2.75, 3.05) is 32.1 Å². The van der Waals surface area contributed by atoms with Crippen molar-refractivity contribution in [2.45, 2.75) is 13.5 Å². The van der Waals surface area contributed by atoms with Crippen LogP contribution in [-0.4, -0.2) is 54.3 Å². The van der Waals surface area contributed by atoms with E-state index in [0.29, 0.717) is 36.1 Å². The number of nitrogens with one attached hydrogen (secondary N) is 1.